The van der Waals surface area contributed by atoms with Crippen molar-refractivity contribution < 1.29 is 9.53 Å². The predicted molar refractivity (Wildman–Crippen MR) is 91.8 cm³/mol. The van der Waals surface area contributed by atoms with E-state index < -0.39 is 0 Å². The van der Waals surface area contributed by atoms with Crippen molar-refractivity contribution in [1.82, 2.24) is 15.1 Å². The van der Waals surface area contributed by atoms with E-state index in [0.717, 1.165) is 44.9 Å². The zero-order chi connectivity index (χ0) is 16.5. The van der Waals surface area contributed by atoms with E-state index in [1.54, 1.807) is 0 Å². The van der Waals surface area contributed by atoms with Crippen molar-refractivity contribution in [2.45, 2.75) is 13.3 Å². The summed E-state index contributed by atoms with van der Waals surface area (Å²) in [5.74, 6) is 0.873. The molecule has 6 nitrogen and oxygen atoms in total. The maximum Gasteiger partial charge on any atom is 0.317 e. The minimum atomic E-state index is 0.0211. The summed E-state index contributed by atoms with van der Waals surface area (Å²) in [6.45, 7) is 8.22. The number of nitrogens with zero attached hydrogens (tertiary/aromatic N) is 2. The van der Waals surface area contributed by atoms with Gasteiger partial charge < -0.3 is 20.7 Å². The molecule has 3 N–H and O–H groups in total. The summed E-state index contributed by atoms with van der Waals surface area (Å²) in [5.41, 5.74) is 6.77. The number of aryl methyl sites for hydroxylation is 1. The third kappa shape index (κ3) is 6.08. The molecule has 0 aromatic heterocycles. The first-order valence-corrected chi connectivity index (χ1v) is 8.33. The molecule has 0 spiro atoms. The third-order valence-electron chi connectivity index (χ3n) is 3.99. The zero-order valence-electron chi connectivity index (χ0n) is 14.0. The first-order valence-electron chi connectivity index (χ1n) is 8.33. The summed E-state index contributed by atoms with van der Waals surface area (Å²) < 4.78 is 5.65. The van der Waals surface area contributed by atoms with E-state index in [2.05, 4.69) is 17.1 Å². The lowest BCUT2D eigenvalue weighted by Crippen LogP contribution is -2.52. The van der Waals surface area contributed by atoms with Crippen LogP contribution in [0.25, 0.3) is 0 Å². The highest BCUT2D eigenvalue weighted by atomic mass is 16.5. The Kier molecular flexibility index (Phi) is 7.16. The van der Waals surface area contributed by atoms with Gasteiger partial charge in [0, 0.05) is 45.8 Å². The summed E-state index contributed by atoms with van der Waals surface area (Å²) in [6, 6.07) is 8.01. The molecular formula is C17H28N4O2. The molecule has 1 saturated heterocycles. The number of nitrogens with two attached hydrogens (primary N) is 1. The van der Waals surface area contributed by atoms with Gasteiger partial charge in [-0.25, -0.2) is 4.79 Å². The smallest absolute Gasteiger partial charge is 0.317 e. The number of hydrogen-bond donors (Lipinski definition) is 2. The summed E-state index contributed by atoms with van der Waals surface area (Å²) >= 11 is 0. The second kappa shape index (κ2) is 9.37. The second-order valence-electron chi connectivity index (χ2n) is 5.86. The first-order chi connectivity index (χ1) is 11.2. The molecule has 128 valence electrons. The first kappa shape index (κ1) is 17.6. The highest BCUT2D eigenvalue weighted by Crippen LogP contribution is 2.11. The lowest BCUT2D eigenvalue weighted by atomic mass is 10.2. The van der Waals surface area contributed by atoms with Gasteiger partial charge in [-0.05, 0) is 25.5 Å². The number of rotatable bonds is 7. The molecule has 1 heterocycles. The molecule has 0 radical (unpaired) electrons. The van der Waals surface area contributed by atoms with E-state index in [0.29, 0.717) is 19.7 Å². The van der Waals surface area contributed by atoms with E-state index in [9.17, 15) is 4.79 Å². The number of ether oxygens (including phenoxy) is 1. The second-order valence-corrected chi connectivity index (χ2v) is 5.86. The van der Waals surface area contributed by atoms with Crippen molar-refractivity contribution in [3.8, 4) is 5.75 Å². The molecule has 23 heavy (non-hydrogen) atoms. The zero-order valence-corrected chi connectivity index (χ0v) is 14.0. The molecule has 1 aromatic rings. The predicted octanol–water partition coefficient (Wildman–Crippen LogP) is 1.05. The quantitative estimate of drug-likeness (QED) is 0.737. The number of carbonyl (C=O) groups excluding carboxylic acids is 1. The topological polar surface area (TPSA) is 70.8 Å². The molecule has 6 heteroatoms. The molecule has 1 fully saturated rings. The van der Waals surface area contributed by atoms with Crippen LogP contribution in [0.2, 0.25) is 0 Å². The van der Waals surface area contributed by atoms with E-state index in [1.807, 2.05) is 29.2 Å². The number of amides is 2. The monoisotopic (exact) mass is 320 g/mol. The maximum atomic E-state index is 12.1. The number of nitrogens with one attached hydrogen (secondary N) is 1. The molecule has 1 aliphatic rings. The minimum absolute atomic E-state index is 0.0211. The van der Waals surface area contributed by atoms with E-state index >= 15 is 0 Å². The van der Waals surface area contributed by atoms with E-state index in [1.165, 1.54) is 5.56 Å². The molecule has 0 aliphatic carbocycles. The Morgan fingerprint density at radius 1 is 1.22 bits per heavy atom. The van der Waals surface area contributed by atoms with Crippen LogP contribution in [0.15, 0.2) is 24.3 Å². The molecule has 0 bridgehead atoms. The normalized spacial score (nSPS) is 15.5. The van der Waals surface area contributed by atoms with Crippen molar-refractivity contribution in [1.29, 1.82) is 0 Å². The molecule has 0 atom stereocenters. The summed E-state index contributed by atoms with van der Waals surface area (Å²) in [6.07, 6.45) is 0.798. The Morgan fingerprint density at radius 3 is 2.57 bits per heavy atom. The average Bonchev–Trinajstić information content (AvgIpc) is 2.57. The fourth-order valence-electron chi connectivity index (χ4n) is 2.56. The van der Waals surface area contributed by atoms with Gasteiger partial charge >= 0.3 is 6.03 Å². The lowest BCUT2D eigenvalue weighted by molar-refractivity contribution is 0.141. The van der Waals surface area contributed by atoms with Crippen molar-refractivity contribution in [2.75, 3.05) is 52.4 Å². The fraction of sp³-hybridized carbons (Fsp3) is 0.588. The minimum Gasteiger partial charge on any atom is -0.494 e. The van der Waals surface area contributed by atoms with Gasteiger partial charge in [0.25, 0.3) is 0 Å². The van der Waals surface area contributed by atoms with Gasteiger partial charge in [0.1, 0.15) is 5.75 Å². The Morgan fingerprint density at radius 2 is 1.91 bits per heavy atom. The van der Waals surface area contributed by atoms with Gasteiger partial charge in [0.2, 0.25) is 0 Å². The molecule has 1 aromatic carbocycles. The Labute approximate surface area is 138 Å². The van der Waals surface area contributed by atoms with Crippen molar-refractivity contribution in [3.05, 3.63) is 29.8 Å². The third-order valence-corrected chi connectivity index (χ3v) is 3.99. The van der Waals surface area contributed by atoms with Gasteiger partial charge in [0.15, 0.2) is 0 Å². The number of benzene rings is 1. The largest absolute Gasteiger partial charge is 0.494 e. The Balaban J connectivity index is 1.55. The van der Waals surface area contributed by atoms with Crippen LogP contribution in [0.5, 0.6) is 5.75 Å². The molecule has 0 unspecified atom stereocenters. The summed E-state index contributed by atoms with van der Waals surface area (Å²) in [5, 5.41) is 2.96. The molecular weight excluding hydrogens is 292 g/mol. The SMILES string of the molecule is Cc1ccc(OCCCNC(=O)N2CCN(CCN)CC2)cc1. The van der Waals surface area contributed by atoms with Crippen LogP contribution in [-0.2, 0) is 0 Å². The molecule has 0 saturated carbocycles. The van der Waals surface area contributed by atoms with Crippen LogP contribution in [0.3, 0.4) is 0 Å². The number of hydrogen-bond acceptors (Lipinski definition) is 4. The van der Waals surface area contributed by atoms with Crippen LogP contribution < -0.4 is 15.8 Å². The van der Waals surface area contributed by atoms with Crippen molar-refractivity contribution >= 4 is 6.03 Å². The van der Waals surface area contributed by atoms with Gasteiger partial charge in [-0.1, -0.05) is 17.7 Å². The van der Waals surface area contributed by atoms with Gasteiger partial charge in [-0.2, -0.15) is 0 Å². The standard InChI is InChI=1S/C17H28N4O2/c1-15-3-5-16(6-4-15)23-14-2-8-19-17(22)21-12-10-20(9-7-18)11-13-21/h3-6H,2,7-14,18H2,1H3,(H,19,22). The van der Waals surface area contributed by atoms with E-state index in [-0.39, 0.29) is 6.03 Å². The highest BCUT2D eigenvalue weighted by Gasteiger charge is 2.19. The Bertz CT molecular complexity index is 470. The Hall–Kier alpha value is -1.79. The molecule has 2 amide bonds. The fourth-order valence-corrected chi connectivity index (χ4v) is 2.56. The highest BCUT2D eigenvalue weighted by molar-refractivity contribution is 5.74. The van der Waals surface area contributed by atoms with Gasteiger partial charge in [0.05, 0.1) is 6.61 Å². The number of piperazine rings is 1. The number of carbonyl (C=O) groups is 1. The maximum absolute atomic E-state index is 12.1. The van der Waals surface area contributed by atoms with Crippen LogP contribution >= 0.6 is 0 Å². The van der Waals surface area contributed by atoms with Crippen LogP contribution in [0.1, 0.15) is 12.0 Å². The summed E-state index contributed by atoms with van der Waals surface area (Å²) in [7, 11) is 0. The lowest BCUT2D eigenvalue weighted by Gasteiger charge is -2.34. The van der Waals surface area contributed by atoms with Gasteiger partial charge in [-0.3, -0.25) is 4.90 Å². The van der Waals surface area contributed by atoms with Crippen LogP contribution in [-0.4, -0.2) is 68.3 Å². The van der Waals surface area contributed by atoms with Crippen LogP contribution in [0, 0.1) is 6.92 Å². The summed E-state index contributed by atoms with van der Waals surface area (Å²) in [4.78, 5) is 16.2. The van der Waals surface area contributed by atoms with Crippen molar-refractivity contribution in [2.24, 2.45) is 5.73 Å². The van der Waals surface area contributed by atoms with Crippen LogP contribution in [0.4, 0.5) is 4.79 Å². The van der Waals surface area contributed by atoms with E-state index in [4.69, 9.17) is 10.5 Å². The van der Waals surface area contributed by atoms with Crippen molar-refractivity contribution in [3.63, 3.8) is 0 Å². The molecule has 2 rings (SSSR count). The average molecular weight is 320 g/mol. The van der Waals surface area contributed by atoms with Gasteiger partial charge in [-0.15, -0.1) is 0 Å². The molecule has 1 aliphatic heterocycles. The number of urea groups is 1.